The monoisotopic (exact) mass is 225 g/mol. The van der Waals surface area contributed by atoms with E-state index in [1.54, 1.807) is 7.11 Å². The lowest BCUT2D eigenvalue weighted by Gasteiger charge is -2.34. The lowest BCUT2D eigenvalue weighted by molar-refractivity contribution is 0.139. The van der Waals surface area contributed by atoms with Gasteiger partial charge in [-0.05, 0) is 24.7 Å². The molecule has 0 aliphatic carbocycles. The topological polar surface area (TPSA) is 21.3 Å². The fourth-order valence-corrected chi connectivity index (χ4v) is 1.90. The van der Waals surface area contributed by atoms with Crippen LogP contribution in [0, 0.1) is 5.82 Å². The van der Waals surface area contributed by atoms with Crippen molar-refractivity contribution in [3.8, 4) is 0 Å². The van der Waals surface area contributed by atoms with Crippen molar-refractivity contribution in [2.45, 2.75) is 25.3 Å². The van der Waals surface area contributed by atoms with Crippen molar-refractivity contribution in [3.63, 3.8) is 0 Å². The number of benzene rings is 1. The highest BCUT2D eigenvalue weighted by molar-refractivity contribution is 5.26. The molecule has 0 saturated carbocycles. The number of hydrogen-bond donors (Lipinski definition) is 1. The van der Waals surface area contributed by atoms with E-state index in [2.05, 4.69) is 19.2 Å². The van der Waals surface area contributed by atoms with E-state index in [4.69, 9.17) is 4.74 Å². The Morgan fingerprint density at radius 1 is 1.31 bits per heavy atom. The summed E-state index contributed by atoms with van der Waals surface area (Å²) in [6.07, 6.45) is 0. The van der Waals surface area contributed by atoms with Crippen LogP contribution < -0.4 is 5.32 Å². The number of halogens is 1. The first-order valence-corrected chi connectivity index (χ1v) is 5.44. The van der Waals surface area contributed by atoms with Gasteiger partial charge in [-0.2, -0.15) is 0 Å². The van der Waals surface area contributed by atoms with Gasteiger partial charge in [0.25, 0.3) is 0 Å². The summed E-state index contributed by atoms with van der Waals surface area (Å²) in [6.45, 7) is 4.88. The van der Waals surface area contributed by atoms with Gasteiger partial charge in [0.15, 0.2) is 0 Å². The summed E-state index contributed by atoms with van der Waals surface area (Å²) in [7, 11) is 3.60. The van der Waals surface area contributed by atoms with Crippen molar-refractivity contribution in [2.24, 2.45) is 0 Å². The Hall–Kier alpha value is -0.930. The molecule has 1 aromatic carbocycles. The van der Waals surface area contributed by atoms with Gasteiger partial charge in [-0.15, -0.1) is 0 Å². The van der Waals surface area contributed by atoms with Gasteiger partial charge in [0.1, 0.15) is 5.82 Å². The van der Waals surface area contributed by atoms with Gasteiger partial charge < -0.3 is 10.1 Å². The molecule has 1 aromatic rings. The number of rotatable bonds is 5. The minimum atomic E-state index is -0.202. The van der Waals surface area contributed by atoms with E-state index in [9.17, 15) is 4.39 Å². The van der Waals surface area contributed by atoms with Crippen molar-refractivity contribution >= 4 is 0 Å². The van der Waals surface area contributed by atoms with Gasteiger partial charge in [-0.3, -0.25) is 0 Å². The SMILES string of the molecule is CNC(COC)C(C)(C)c1ccc(F)cc1. The molecule has 0 saturated heterocycles. The molecular weight excluding hydrogens is 205 g/mol. The molecular formula is C13H20FNO. The fourth-order valence-electron chi connectivity index (χ4n) is 1.90. The van der Waals surface area contributed by atoms with Crippen molar-refractivity contribution in [2.75, 3.05) is 20.8 Å². The van der Waals surface area contributed by atoms with Crippen LogP contribution in [0.25, 0.3) is 0 Å². The molecule has 0 spiro atoms. The van der Waals surface area contributed by atoms with Gasteiger partial charge in [-0.25, -0.2) is 4.39 Å². The standard InChI is InChI=1S/C13H20FNO/c1-13(2,12(15-3)9-16-4)10-5-7-11(14)8-6-10/h5-8,12,15H,9H2,1-4H3. The second-order valence-electron chi connectivity index (χ2n) is 4.53. The van der Waals surface area contributed by atoms with E-state index in [-0.39, 0.29) is 17.3 Å². The van der Waals surface area contributed by atoms with Gasteiger partial charge in [0.05, 0.1) is 6.61 Å². The number of hydrogen-bond acceptors (Lipinski definition) is 2. The largest absolute Gasteiger partial charge is 0.383 e. The Morgan fingerprint density at radius 2 is 1.88 bits per heavy atom. The van der Waals surface area contributed by atoms with Crippen LogP contribution in [0.15, 0.2) is 24.3 Å². The zero-order chi connectivity index (χ0) is 12.2. The van der Waals surface area contributed by atoms with Gasteiger partial charge in [0.2, 0.25) is 0 Å². The zero-order valence-corrected chi connectivity index (χ0v) is 10.4. The number of methoxy groups -OCH3 is 1. The minimum absolute atomic E-state index is 0.0988. The Labute approximate surface area is 96.8 Å². The van der Waals surface area contributed by atoms with E-state index in [1.807, 2.05) is 19.2 Å². The van der Waals surface area contributed by atoms with Crippen molar-refractivity contribution < 1.29 is 9.13 Å². The number of nitrogens with one attached hydrogen (secondary N) is 1. The number of ether oxygens (including phenoxy) is 1. The van der Waals surface area contributed by atoms with E-state index in [0.717, 1.165) is 5.56 Å². The molecule has 2 nitrogen and oxygen atoms in total. The van der Waals surface area contributed by atoms with Crippen molar-refractivity contribution in [1.29, 1.82) is 0 Å². The van der Waals surface area contributed by atoms with Crippen LogP contribution in [-0.2, 0) is 10.2 Å². The lowest BCUT2D eigenvalue weighted by atomic mass is 9.78. The summed E-state index contributed by atoms with van der Waals surface area (Å²) in [5.74, 6) is -0.202. The predicted molar refractivity (Wildman–Crippen MR) is 64.1 cm³/mol. The van der Waals surface area contributed by atoms with Gasteiger partial charge in [-0.1, -0.05) is 26.0 Å². The Bertz CT molecular complexity index is 321. The Morgan fingerprint density at radius 3 is 2.31 bits per heavy atom. The maximum absolute atomic E-state index is 12.9. The molecule has 0 aliphatic heterocycles. The summed E-state index contributed by atoms with van der Waals surface area (Å²) in [5.41, 5.74) is 1.00. The summed E-state index contributed by atoms with van der Waals surface area (Å²) in [5, 5.41) is 3.24. The molecule has 1 N–H and O–H groups in total. The number of likely N-dealkylation sites (N-methyl/N-ethyl adjacent to an activating group) is 1. The van der Waals surface area contributed by atoms with Crippen LogP contribution in [-0.4, -0.2) is 26.8 Å². The van der Waals surface area contributed by atoms with Crippen LogP contribution >= 0.6 is 0 Å². The first-order chi connectivity index (χ1) is 7.52. The highest BCUT2D eigenvalue weighted by atomic mass is 19.1. The maximum atomic E-state index is 12.9. The molecule has 0 bridgehead atoms. The first-order valence-electron chi connectivity index (χ1n) is 5.44. The lowest BCUT2D eigenvalue weighted by Crippen LogP contribution is -2.46. The van der Waals surface area contributed by atoms with Crippen LogP contribution in [0.3, 0.4) is 0 Å². The predicted octanol–water partition coefficient (Wildman–Crippen LogP) is 2.34. The molecule has 0 heterocycles. The molecule has 16 heavy (non-hydrogen) atoms. The van der Waals surface area contributed by atoms with Gasteiger partial charge >= 0.3 is 0 Å². The minimum Gasteiger partial charge on any atom is -0.383 e. The highest BCUT2D eigenvalue weighted by Crippen LogP contribution is 2.27. The average Bonchev–Trinajstić information content (AvgIpc) is 2.26. The Kier molecular flexibility index (Phi) is 4.44. The Balaban J connectivity index is 2.94. The quantitative estimate of drug-likeness (QED) is 0.830. The fraction of sp³-hybridized carbons (Fsp3) is 0.538. The molecule has 1 rings (SSSR count). The van der Waals surface area contributed by atoms with Crippen LogP contribution in [0.2, 0.25) is 0 Å². The molecule has 0 aromatic heterocycles. The maximum Gasteiger partial charge on any atom is 0.123 e. The smallest absolute Gasteiger partial charge is 0.123 e. The van der Waals surface area contributed by atoms with Crippen LogP contribution in [0.1, 0.15) is 19.4 Å². The van der Waals surface area contributed by atoms with E-state index >= 15 is 0 Å². The second-order valence-corrected chi connectivity index (χ2v) is 4.53. The zero-order valence-electron chi connectivity index (χ0n) is 10.4. The third-order valence-corrected chi connectivity index (χ3v) is 3.14. The average molecular weight is 225 g/mol. The summed E-state index contributed by atoms with van der Waals surface area (Å²) in [6, 6.07) is 6.85. The third-order valence-electron chi connectivity index (χ3n) is 3.14. The molecule has 1 unspecified atom stereocenters. The molecule has 0 radical (unpaired) electrons. The third kappa shape index (κ3) is 2.80. The van der Waals surface area contributed by atoms with E-state index in [1.165, 1.54) is 12.1 Å². The molecule has 0 fully saturated rings. The van der Waals surface area contributed by atoms with Crippen molar-refractivity contribution in [1.82, 2.24) is 5.32 Å². The van der Waals surface area contributed by atoms with Crippen molar-refractivity contribution in [3.05, 3.63) is 35.6 Å². The van der Waals surface area contributed by atoms with Gasteiger partial charge in [0, 0.05) is 18.6 Å². The molecule has 3 heteroatoms. The first kappa shape index (κ1) is 13.1. The molecule has 0 amide bonds. The van der Waals surface area contributed by atoms with Crippen LogP contribution in [0.4, 0.5) is 4.39 Å². The highest BCUT2D eigenvalue weighted by Gasteiger charge is 2.30. The normalized spacial score (nSPS) is 13.8. The summed E-state index contributed by atoms with van der Waals surface area (Å²) < 4.78 is 18.1. The molecule has 90 valence electrons. The second kappa shape index (κ2) is 5.41. The summed E-state index contributed by atoms with van der Waals surface area (Å²) in [4.78, 5) is 0. The van der Waals surface area contributed by atoms with Crippen LogP contribution in [0.5, 0.6) is 0 Å². The molecule has 0 aliphatic rings. The van der Waals surface area contributed by atoms with E-state index in [0.29, 0.717) is 6.61 Å². The molecule has 1 atom stereocenters. The van der Waals surface area contributed by atoms with E-state index < -0.39 is 0 Å². The summed E-state index contributed by atoms with van der Waals surface area (Å²) >= 11 is 0.